The first-order chi connectivity index (χ1) is 25.4. The molecule has 6 amide bonds. The largest absolute Gasteiger partial charge is 0.481 e. The number of aliphatic carboxylic acids is 2. The number of nitrogens with one attached hydrogen (secondary N) is 6. The Labute approximate surface area is 320 Å². The van der Waals surface area contributed by atoms with Gasteiger partial charge in [0.15, 0.2) is 11.9 Å². The number of aliphatic imine (C=N–C) groups is 2. The number of carboxylic acids is 2. The van der Waals surface area contributed by atoms with E-state index >= 15 is 0 Å². The Balaban J connectivity index is 6.06. The van der Waals surface area contributed by atoms with Crippen LogP contribution in [0.15, 0.2) is 9.98 Å². The maximum atomic E-state index is 13.5. The van der Waals surface area contributed by atoms with Gasteiger partial charge in [0.1, 0.15) is 30.2 Å². The minimum atomic E-state index is -1.53. The molecule has 54 heavy (non-hydrogen) atoms. The lowest BCUT2D eigenvalue weighted by atomic mass is 10.1. The van der Waals surface area contributed by atoms with Crippen LogP contribution in [0.4, 0.5) is 0 Å². The zero-order chi connectivity index (χ0) is 41.4. The van der Waals surface area contributed by atoms with Crippen LogP contribution in [-0.2, 0) is 38.4 Å². The number of guanidine groups is 2. The average molecular weight is 810 g/mol. The van der Waals surface area contributed by atoms with E-state index in [4.69, 9.17) is 33.8 Å². The van der Waals surface area contributed by atoms with Crippen LogP contribution < -0.4 is 60.6 Å². The van der Waals surface area contributed by atoms with Crippen molar-refractivity contribution in [3.8, 4) is 0 Å². The molecule has 0 saturated carbocycles. The van der Waals surface area contributed by atoms with Crippen LogP contribution in [0.5, 0.6) is 0 Å². The van der Waals surface area contributed by atoms with E-state index in [-0.39, 0.29) is 62.2 Å². The second-order valence-corrected chi connectivity index (χ2v) is 12.1. The number of nitrogens with two attached hydrogens (primary N) is 5. The number of carboxylic acid groups (broad SMARTS) is 2. The van der Waals surface area contributed by atoms with E-state index in [9.17, 15) is 48.6 Å². The van der Waals surface area contributed by atoms with Gasteiger partial charge in [-0.25, -0.2) is 4.79 Å². The molecule has 0 radical (unpaired) electrons. The van der Waals surface area contributed by atoms with Crippen LogP contribution in [-0.4, -0.2) is 149 Å². The first-order valence-corrected chi connectivity index (χ1v) is 17.5. The fraction of sp³-hybridized carbons (Fsp3) is 0.643. The fourth-order valence-electron chi connectivity index (χ4n) is 4.18. The molecule has 24 nitrogen and oxygen atoms in total. The quantitative estimate of drug-likeness (QED) is 0.0159. The number of aliphatic hydroxyl groups excluding tert-OH is 1. The van der Waals surface area contributed by atoms with E-state index in [0.29, 0.717) is 0 Å². The highest BCUT2D eigenvalue weighted by molar-refractivity contribution is 7.80. The summed E-state index contributed by atoms with van der Waals surface area (Å²) in [6.07, 6.45) is -0.950. The van der Waals surface area contributed by atoms with E-state index in [0.717, 1.165) is 0 Å². The smallest absolute Gasteiger partial charge is 0.327 e. The zero-order valence-electron chi connectivity index (χ0n) is 29.2. The van der Waals surface area contributed by atoms with Crippen LogP contribution in [0.2, 0.25) is 0 Å². The Kier molecular flexibility index (Phi) is 24.1. The molecule has 0 aliphatic heterocycles. The third kappa shape index (κ3) is 20.8. The third-order valence-electron chi connectivity index (χ3n) is 7.02. The predicted octanol–water partition coefficient (Wildman–Crippen LogP) is -7.24. The number of amides is 6. The van der Waals surface area contributed by atoms with Gasteiger partial charge < -0.3 is 75.9 Å². The third-order valence-corrected chi connectivity index (χ3v) is 7.78. The maximum absolute atomic E-state index is 13.5. The number of carbonyl (C=O) groups excluding carboxylic acids is 6. The average Bonchev–Trinajstić information content (AvgIpc) is 3.11. The standard InChI is InChI=1S/C28H51N13O11S2/c29-13(11-53)21(46)40-17(10-42)25(50)39-15(4-2-8-35-28(32)33)23(48)38-14(3-1-7-34-27(30)31)22(47)36-9-19(43)37-16(5-6-20(44)45)24(49)41-18(12-54)26(51)52/h13-18,42,53-54H,1-12,29H2,(H,36,47)(H,37,43)(H,38,48)(H,39,50)(H,40,46)(H,41,49)(H,44,45)(H,51,52)(H4,30,31,34)(H4,32,33,35). The summed E-state index contributed by atoms with van der Waals surface area (Å²) >= 11 is 7.76. The van der Waals surface area contributed by atoms with E-state index in [1.54, 1.807) is 0 Å². The van der Waals surface area contributed by atoms with Crippen LogP contribution in [0.1, 0.15) is 38.5 Å². The molecular weight excluding hydrogens is 759 g/mol. The van der Waals surface area contributed by atoms with Crippen LogP contribution >= 0.6 is 25.3 Å². The number of carbonyl (C=O) groups is 8. The van der Waals surface area contributed by atoms with Gasteiger partial charge in [-0.2, -0.15) is 25.3 Å². The van der Waals surface area contributed by atoms with E-state index in [1.165, 1.54) is 0 Å². The van der Waals surface area contributed by atoms with Gasteiger partial charge in [-0.05, 0) is 32.1 Å². The lowest BCUT2D eigenvalue weighted by Gasteiger charge is -2.25. The van der Waals surface area contributed by atoms with Gasteiger partial charge in [0.25, 0.3) is 0 Å². The summed E-state index contributed by atoms with van der Waals surface area (Å²) in [5, 5.41) is 41.8. The molecule has 19 N–H and O–H groups in total. The Bertz CT molecular complexity index is 1360. The monoisotopic (exact) mass is 809 g/mol. The van der Waals surface area contributed by atoms with Crippen molar-refractivity contribution in [2.45, 2.75) is 74.8 Å². The van der Waals surface area contributed by atoms with Crippen molar-refractivity contribution in [1.82, 2.24) is 31.9 Å². The van der Waals surface area contributed by atoms with Crippen LogP contribution in [0.3, 0.4) is 0 Å². The summed E-state index contributed by atoms with van der Waals surface area (Å²) in [5.41, 5.74) is 27.0. The molecule has 0 rings (SSSR count). The lowest BCUT2D eigenvalue weighted by molar-refractivity contribution is -0.142. The molecule has 26 heteroatoms. The number of nitrogens with zero attached hydrogens (tertiary/aromatic N) is 2. The molecule has 0 heterocycles. The van der Waals surface area contributed by atoms with Crippen LogP contribution in [0, 0.1) is 0 Å². The fourth-order valence-corrected chi connectivity index (χ4v) is 4.59. The molecule has 0 spiro atoms. The molecule has 0 bridgehead atoms. The Morgan fingerprint density at radius 1 is 0.593 bits per heavy atom. The van der Waals surface area contributed by atoms with Crippen molar-refractivity contribution >= 4 is 84.6 Å². The van der Waals surface area contributed by atoms with Gasteiger partial charge in [-0.1, -0.05) is 0 Å². The van der Waals surface area contributed by atoms with Gasteiger partial charge in [-0.15, -0.1) is 0 Å². The highest BCUT2D eigenvalue weighted by Gasteiger charge is 2.31. The van der Waals surface area contributed by atoms with Crippen molar-refractivity contribution in [2.24, 2.45) is 38.7 Å². The number of rotatable bonds is 27. The summed E-state index contributed by atoms with van der Waals surface area (Å²) in [5.74, 6) is -9.17. The van der Waals surface area contributed by atoms with Gasteiger partial charge in [0.2, 0.25) is 35.4 Å². The Morgan fingerprint density at radius 2 is 1.04 bits per heavy atom. The van der Waals surface area contributed by atoms with Crippen molar-refractivity contribution < 1.29 is 53.7 Å². The molecule has 6 atom stereocenters. The van der Waals surface area contributed by atoms with Crippen molar-refractivity contribution in [3.05, 3.63) is 0 Å². The Morgan fingerprint density at radius 3 is 1.46 bits per heavy atom. The molecular formula is C28H51N13O11S2. The SMILES string of the molecule is NC(N)=NCCCC(NC(=O)C(CCCN=C(N)N)NC(=O)C(CO)NC(=O)C(N)CS)C(=O)NCC(=O)NC(CCC(=O)O)C(=O)NC(CS)C(=O)O. The number of hydrogen-bond donors (Lipinski definition) is 16. The summed E-state index contributed by atoms with van der Waals surface area (Å²) in [6, 6.07) is -8.35. The number of hydrogen-bond acceptors (Lipinski definition) is 14. The molecule has 0 fully saturated rings. The maximum Gasteiger partial charge on any atom is 0.327 e. The van der Waals surface area contributed by atoms with Crippen molar-refractivity contribution in [2.75, 3.05) is 37.7 Å². The van der Waals surface area contributed by atoms with Gasteiger partial charge in [0.05, 0.1) is 19.2 Å². The first-order valence-electron chi connectivity index (χ1n) is 16.3. The molecule has 6 unspecified atom stereocenters. The van der Waals surface area contributed by atoms with E-state index in [2.05, 4.69) is 67.1 Å². The lowest BCUT2D eigenvalue weighted by Crippen LogP contribution is -2.59. The van der Waals surface area contributed by atoms with Gasteiger partial charge in [0, 0.05) is 31.0 Å². The number of thiol groups is 2. The molecule has 306 valence electrons. The summed E-state index contributed by atoms with van der Waals surface area (Å²) in [4.78, 5) is 108. The highest BCUT2D eigenvalue weighted by Crippen LogP contribution is 2.05. The summed E-state index contributed by atoms with van der Waals surface area (Å²) < 4.78 is 0. The second-order valence-electron chi connectivity index (χ2n) is 11.4. The molecule has 0 aromatic carbocycles. The molecule has 0 aromatic heterocycles. The molecule has 0 aromatic rings. The summed E-state index contributed by atoms with van der Waals surface area (Å²) in [7, 11) is 0. The van der Waals surface area contributed by atoms with Gasteiger partial charge >= 0.3 is 11.9 Å². The predicted molar refractivity (Wildman–Crippen MR) is 200 cm³/mol. The molecule has 0 aliphatic carbocycles. The zero-order valence-corrected chi connectivity index (χ0v) is 31.0. The Hall–Kier alpha value is -5.08. The van der Waals surface area contributed by atoms with E-state index in [1.807, 2.05) is 0 Å². The minimum absolute atomic E-state index is 0.0252. The van der Waals surface area contributed by atoms with Gasteiger partial charge in [-0.3, -0.25) is 43.5 Å². The minimum Gasteiger partial charge on any atom is -0.481 e. The van der Waals surface area contributed by atoms with Crippen molar-refractivity contribution in [1.29, 1.82) is 0 Å². The van der Waals surface area contributed by atoms with Crippen LogP contribution in [0.25, 0.3) is 0 Å². The van der Waals surface area contributed by atoms with Crippen molar-refractivity contribution in [3.63, 3.8) is 0 Å². The number of aliphatic hydroxyl groups is 1. The molecule has 0 aliphatic rings. The highest BCUT2D eigenvalue weighted by atomic mass is 32.1. The van der Waals surface area contributed by atoms with E-state index < -0.39 is 110 Å². The first kappa shape index (κ1) is 48.9. The summed E-state index contributed by atoms with van der Waals surface area (Å²) in [6.45, 7) is -1.59. The molecule has 0 saturated heterocycles. The normalized spacial score (nSPS) is 13.9. The second kappa shape index (κ2) is 26.6. The topological polar surface area (TPSA) is 424 Å².